The molecular weight excluding hydrogens is 501 g/mol. The number of imidazole rings is 1. The van der Waals surface area contributed by atoms with Gasteiger partial charge in [0.25, 0.3) is 0 Å². The average molecular weight is 525 g/mol. The molecular formula is C23H24Cl3N5O3. The predicted molar refractivity (Wildman–Crippen MR) is 133 cm³/mol. The molecule has 11 heteroatoms. The first-order valence-corrected chi connectivity index (χ1v) is 11.8. The number of primary amides is 1. The molecule has 4 rings (SSSR count). The normalized spacial score (nSPS) is 13.2. The van der Waals surface area contributed by atoms with Crippen LogP contribution in [-0.4, -0.2) is 49.6 Å². The van der Waals surface area contributed by atoms with Gasteiger partial charge in [0.15, 0.2) is 5.69 Å². The number of hydrogen-bond acceptors (Lipinski definition) is 4. The molecule has 1 fully saturated rings. The molecule has 0 bridgehead atoms. The Labute approximate surface area is 212 Å². The van der Waals surface area contributed by atoms with Crippen molar-refractivity contribution in [1.29, 1.82) is 0 Å². The van der Waals surface area contributed by atoms with Crippen LogP contribution < -0.4 is 5.73 Å². The number of benzene rings is 1. The highest BCUT2D eigenvalue weighted by atomic mass is 35.5. The maximum atomic E-state index is 11.6. The van der Waals surface area contributed by atoms with Gasteiger partial charge in [-0.25, -0.2) is 19.6 Å². The van der Waals surface area contributed by atoms with Crippen molar-refractivity contribution < 1.29 is 14.7 Å². The van der Waals surface area contributed by atoms with Crippen molar-refractivity contribution in [3.05, 3.63) is 63.0 Å². The number of carboxylic acid groups (broad SMARTS) is 1. The maximum absolute atomic E-state index is 11.6. The lowest BCUT2D eigenvalue weighted by Gasteiger charge is -2.24. The Morgan fingerprint density at radius 3 is 2.24 bits per heavy atom. The number of nitrogens with zero attached hydrogens (tertiary/aromatic N) is 4. The Bertz CT molecular complexity index is 1180. The third kappa shape index (κ3) is 6.00. The zero-order valence-corrected chi connectivity index (χ0v) is 20.7. The van der Waals surface area contributed by atoms with Gasteiger partial charge < -0.3 is 15.7 Å². The molecule has 2 aromatic heterocycles. The molecule has 0 spiro atoms. The Morgan fingerprint density at radius 2 is 1.74 bits per heavy atom. The van der Waals surface area contributed by atoms with Crippen molar-refractivity contribution in [1.82, 2.24) is 19.4 Å². The van der Waals surface area contributed by atoms with Crippen molar-refractivity contribution >= 4 is 46.8 Å². The summed E-state index contributed by atoms with van der Waals surface area (Å²) in [5.41, 5.74) is 6.09. The Balaban J connectivity index is 0.000000302. The zero-order valence-electron chi connectivity index (χ0n) is 18.5. The highest BCUT2D eigenvalue weighted by Gasteiger charge is 2.24. The number of likely N-dealkylation sites (tertiary alicyclic amines) is 1. The Morgan fingerprint density at radius 1 is 1.06 bits per heavy atom. The Kier molecular flexibility index (Phi) is 8.77. The molecule has 1 aliphatic heterocycles. The molecule has 0 unspecified atom stereocenters. The molecule has 0 atom stereocenters. The van der Waals surface area contributed by atoms with Gasteiger partial charge in [-0.1, -0.05) is 41.7 Å². The summed E-state index contributed by atoms with van der Waals surface area (Å²) in [6.45, 7) is 3.56. The van der Waals surface area contributed by atoms with Crippen LogP contribution in [0.5, 0.6) is 0 Å². The molecule has 34 heavy (non-hydrogen) atoms. The molecule has 1 saturated heterocycles. The standard InChI is InChI=1S/C17H12Cl3N3O2.C6H12N2O/c1-2-13-15(17(24)25)22-16(11-5-3-9(18)7-12(11)20)23(13)14-6-4-10(19)8-21-14;7-6(9)8-4-2-1-3-5-8/h3-8H,2H2,1H3,(H,24,25);1-5H2,(H2,7,9). The van der Waals surface area contributed by atoms with Gasteiger partial charge in [0.05, 0.1) is 15.7 Å². The number of nitrogens with two attached hydrogens (primary N) is 1. The lowest BCUT2D eigenvalue weighted by atomic mass is 10.1. The number of carbonyl (C=O) groups excluding carboxylic acids is 1. The fraction of sp³-hybridized carbons (Fsp3) is 0.304. The van der Waals surface area contributed by atoms with Gasteiger partial charge in [0.1, 0.15) is 11.6 Å². The van der Waals surface area contributed by atoms with E-state index in [4.69, 9.17) is 40.5 Å². The lowest BCUT2D eigenvalue weighted by Crippen LogP contribution is -2.39. The van der Waals surface area contributed by atoms with Crippen LogP contribution in [0, 0.1) is 0 Å². The minimum Gasteiger partial charge on any atom is -0.476 e. The summed E-state index contributed by atoms with van der Waals surface area (Å²) in [5, 5.41) is 10.8. The molecule has 3 aromatic rings. The number of halogens is 3. The van der Waals surface area contributed by atoms with E-state index in [2.05, 4.69) is 9.97 Å². The van der Waals surface area contributed by atoms with E-state index >= 15 is 0 Å². The van der Waals surface area contributed by atoms with E-state index in [-0.39, 0.29) is 11.7 Å². The molecule has 0 aliphatic carbocycles. The quantitative estimate of drug-likeness (QED) is 0.454. The monoisotopic (exact) mass is 523 g/mol. The number of urea groups is 1. The fourth-order valence-corrected chi connectivity index (χ4v) is 4.27. The topological polar surface area (TPSA) is 114 Å². The van der Waals surface area contributed by atoms with Crippen LogP contribution in [0.2, 0.25) is 15.1 Å². The zero-order chi connectivity index (χ0) is 24.8. The third-order valence-corrected chi connectivity index (χ3v) is 6.06. The molecule has 3 heterocycles. The van der Waals surface area contributed by atoms with Crippen LogP contribution >= 0.6 is 34.8 Å². The Hall–Kier alpha value is -2.81. The second-order valence-electron chi connectivity index (χ2n) is 7.57. The number of amides is 2. The predicted octanol–water partition coefficient (Wildman–Crippen LogP) is 5.71. The highest BCUT2D eigenvalue weighted by molar-refractivity contribution is 6.36. The summed E-state index contributed by atoms with van der Waals surface area (Å²) in [6.07, 6.45) is 5.41. The average Bonchev–Trinajstić information content (AvgIpc) is 3.20. The number of piperidine rings is 1. The van der Waals surface area contributed by atoms with Crippen molar-refractivity contribution in [3.8, 4) is 17.2 Å². The van der Waals surface area contributed by atoms with Gasteiger partial charge >= 0.3 is 12.0 Å². The van der Waals surface area contributed by atoms with E-state index in [0.717, 1.165) is 25.9 Å². The number of carbonyl (C=O) groups is 2. The van der Waals surface area contributed by atoms with E-state index in [1.807, 2.05) is 6.92 Å². The third-order valence-electron chi connectivity index (χ3n) is 5.29. The van der Waals surface area contributed by atoms with Crippen LogP contribution in [-0.2, 0) is 6.42 Å². The summed E-state index contributed by atoms with van der Waals surface area (Å²) in [4.78, 5) is 32.4. The van der Waals surface area contributed by atoms with Gasteiger partial charge in [0.2, 0.25) is 0 Å². The van der Waals surface area contributed by atoms with Gasteiger partial charge in [-0.15, -0.1) is 0 Å². The minimum absolute atomic E-state index is 0.0414. The second-order valence-corrected chi connectivity index (χ2v) is 8.85. The minimum atomic E-state index is -1.11. The number of carboxylic acids is 1. The number of aromatic carboxylic acids is 1. The van der Waals surface area contributed by atoms with Crippen LogP contribution in [0.15, 0.2) is 36.5 Å². The summed E-state index contributed by atoms with van der Waals surface area (Å²) in [6, 6.07) is 8.06. The molecule has 1 aliphatic rings. The number of aromatic nitrogens is 3. The summed E-state index contributed by atoms with van der Waals surface area (Å²) < 4.78 is 1.68. The molecule has 3 N–H and O–H groups in total. The maximum Gasteiger partial charge on any atom is 0.356 e. The first-order chi connectivity index (χ1) is 16.2. The first kappa shape index (κ1) is 25.8. The van der Waals surface area contributed by atoms with E-state index in [9.17, 15) is 14.7 Å². The van der Waals surface area contributed by atoms with Gasteiger partial charge in [-0.05, 0) is 56.0 Å². The van der Waals surface area contributed by atoms with Crippen LogP contribution in [0.1, 0.15) is 42.4 Å². The molecule has 180 valence electrons. The summed E-state index contributed by atoms with van der Waals surface area (Å²) in [7, 11) is 0. The number of hydrogen-bond donors (Lipinski definition) is 2. The van der Waals surface area contributed by atoms with E-state index in [0.29, 0.717) is 44.4 Å². The molecule has 8 nitrogen and oxygen atoms in total. The number of rotatable bonds is 4. The van der Waals surface area contributed by atoms with Gasteiger partial charge in [-0.3, -0.25) is 4.57 Å². The SMILES string of the molecule is CCc1c(C(=O)O)nc(-c2ccc(Cl)cc2Cl)n1-c1ccc(Cl)cn1.NC(=O)N1CCCCC1. The largest absolute Gasteiger partial charge is 0.476 e. The van der Waals surface area contributed by atoms with E-state index < -0.39 is 5.97 Å². The van der Waals surface area contributed by atoms with Crippen molar-refractivity contribution in [2.45, 2.75) is 32.6 Å². The summed E-state index contributed by atoms with van der Waals surface area (Å²) in [5.74, 6) is -0.232. The molecule has 1 aromatic carbocycles. The summed E-state index contributed by atoms with van der Waals surface area (Å²) >= 11 is 18.2. The molecule has 2 amide bonds. The van der Waals surface area contributed by atoms with Gasteiger partial charge in [-0.2, -0.15) is 0 Å². The highest BCUT2D eigenvalue weighted by Crippen LogP contribution is 2.33. The fourth-order valence-electron chi connectivity index (χ4n) is 3.66. The molecule has 0 saturated carbocycles. The lowest BCUT2D eigenvalue weighted by molar-refractivity contribution is 0.0689. The van der Waals surface area contributed by atoms with E-state index in [1.54, 1.807) is 39.8 Å². The van der Waals surface area contributed by atoms with Crippen LogP contribution in [0.25, 0.3) is 17.2 Å². The van der Waals surface area contributed by atoms with E-state index in [1.165, 1.54) is 12.6 Å². The van der Waals surface area contributed by atoms with Crippen LogP contribution in [0.3, 0.4) is 0 Å². The van der Waals surface area contributed by atoms with Gasteiger partial charge in [0, 0.05) is 29.9 Å². The molecule has 0 radical (unpaired) electrons. The van der Waals surface area contributed by atoms with Crippen LogP contribution in [0.4, 0.5) is 4.79 Å². The smallest absolute Gasteiger partial charge is 0.356 e. The second kappa shape index (κ2) is 11.6. The van der Waals surface area contributed by atoms with Crippen molar-refractivity contribution in [3.63, 3.8) is 0 Å². The number of pyridine rings is 1. The first-order valence-electron chi connectivity index (χ1n) is 10.7. The van der Waals surface area contributed by atoms with Crippen molar-refractivity contribution in [2.24, 2.45) is 5.73 Å². The van der Waals surface area contributed by atoms with Crippen molar-refractivity contribution in [2.75, 3.05) is 13.1 Å².